The summed E-state index contributed by atoms with van der Waals surface area (Å²) in [7, 11) is 1.06. The molecular weight excluding hydrogens is 409 g/mol. The average molecular weight is 438 g/mol. The van der Waals surface area contributed by atoms with Crippen LogP contribution in [0.4, 0.5) is 4.39 Å². The van der Waals surface area contributed by atoms with Crippen molar-refractivity contribution in [3.8, 4) is 11.5 Å². The van der Waals surface area contributed by atoms with Crippen LogP contribution >= 0.6 is 0 Å². The number of sulfonamides is 1. The topological polar surface area (TPSA) is 71.1 Å². The van der Waals surface area contributed by atoms with E-state index in [4.69, 9.17) is 9.47 Å². The van der Waals surface area contributed by atoms with Gasteiger partial charge in [0.2, 0.25) is 10.0 Å². The molecule has 3 rings (SSSR count). The standard InChI is InChI=1S/C21H28FN3O4S/c1-24-10-12-25(13-11-24)19(16-4-7-18(28-2)8-5-16)15-23-30(26,27)21-14-17(22)6-9-20(21)29-3/h4-9,14,19,23H,10-13,15H2,1-3H3. The molecule has 1 heterocycles. The number of ether oxygens (including phenoxy) is 2. The highest BCUT2D eigenvalue weighted by molar-refractivity contribution is 7.89. The van der Waals surface area contributed by atoms with Gasteiger partial charge in [-0.05, 0) is 42.9 Å². The lowest BCUT2D eigenvalue weighted by atomic mass is 10.0. The molecular formula is C21H28FN3O4S. The summed E-state index contributed by atoms with van der Waals surface area (Å²) in [4.78, 5) is 4.29. The molecule has 2 aromatic carbocycles. The third-order valence-corrected chi connectivity index (χ3v) is 6.81. The summed E-state index contributed by atoms with van der Waals surface area (Å²) in [6.07, 6.45) is 0. The molecule has 9 heteroatoms. The molecule has 0 spiro atoms. The number of nitrogens with zero attached hydrogens (tertiary/aromatic N) is 2. The molecule has 0 amide bonds. The van der Waals surface area contributed by atoms with Gasteiger partial charge in [-0.15, -0.1) is 0 Å². The number of rotatable bonds is 8. The molecule has 164 valence electrons. The van der Waals surface area contributed by atoms with Gasteiger partial charge in [-0.2, -0.15) is 0 Å². The molecule has 1 N–H and O–H groups in total. The number of likely N-dealkylation sites (N-methyl/N-ethyl adjacent to an activating group) is 1. The third-order valence-electron chi connectivity index (χ3n) is 5.36. The lowest BCUT2D eigenvalue weighted by molar-refractivity contribution is 0.113. The summed E-state index contributed by atoms with van der Waals surface area (Å²) >= 11 is 0. The summed E-state index contributed by atoms with van der Waals surface area (Å²) < 4.78 is 52.6. The van der Waals surface area contributed by atoms with Gasteiger partial charge < -0.3 is 14.4 Å². The molecule has 0 aliphatic carbocycles. The first-order valence-electron chi connectivity index (χ1n) is 9.74. The first-order valence-corrected chi connectivity index (χ1v) is 11.2. The summed E-state index contributed by atoms with van der Waals surface area (Å²) in [5.41, 5.74) is 0.981. The Kier molecular flexibility index (Phi) is 7.30. The molecule has 0 saturated carbocycles. The van der Waals surface area contributed by atoms with Crippen molar-refractivity contribution < 1.29 is 22.3 Å². The van der Waals surface area contributed by atoms with E-state index in [1.807, 2.05) is 24.3 Å². The van der Waals surface area contributed by atoms with E-state index in [0.717, 1.165) is 43.6 Å². The predicted molar refractivity (Wildman–Crippen MR) is 113 cm³/mol. The van der Waals surface area contributed by atoms with Crippen molar-refractivity contribution >= 4 is 10.0 Å². The van der Waals surface area contributed by atoms with Gasteiger partial charge in [0.05, 0.1) is 14.2 Å². The maximum atomic E-state index is 13.7. The van der Waals surface area contributed by atoms with Crippen LogP contribution < -0.4 is 14.2 Å². The lowest BCUT2D eigenvalue weighted by Crippen LogP contribution is -2.48. The number of hydrogen-bond acceptors (Lipinski definition) is 6. The third kappa shape index (κ3) is 5.28. The van der Waals surface area contributed by atoms with Gasteiger partial charge in [0.25, 0.3) is 0 Å². The Bertz CT molecular complexity index is 945. The van der Waals surface area contributed by atoms with E-state index >= 15 is 0 Å². The first-order chi connectivity index (χ1) is 14.3. The maximum absolute atomic E-state index is 13.7. The zero-order valence-electron chi connectivity index (χ0n) is 17.5. The summed E-state index contributed by atoms with van der Waals surface area (Å²) in [5, 5.41) is 0. The van der Waals surface area contributed by atoms with E-state index in [2.05, 4.69) is 21.6 Å². The van der Waals surface area contributed by atoms with Gasteiger partial charge in [0, 0.05) is 38.8 Å². The number of piperazine rings is 1. The minimum atomic E-state index is -3.97. The highest BCUT2D eigenvalue weighted by Gasteiger charge is 2.27. The minimum absolute atomic E-state index is 0.101. The van der Waals surface area contributed by atoms with Gasteiger partial charge in [0.15, 0.2) is 0 Å². The SMILES string of the molecule is COc1ccc(C(CNS(=O)(=O)c2cc(F)ccc2OC)N2CCN(C)CC2)cc1. The van der Waals surface area contributed by atoms with E-state index in [0.29, 0.717) is 0 Å². The second-order valence-electron chi connectivity index (χ2n) is 7.28. The fourth-order valence-corrected chi connectivity index (χ4v) is 4.76. The van der Waals surface area contributed by atoms with E-state index in [-0.39, 0.29) is 23.2 Å². The molecule has 7 nitrogen and oxygen atoms in total. The second-order valence-corrected chi connectivity index (χ2v) is 9.01. The van der Waals surface area contributed by atoms with E-state index in [9.17, 15) is 12.8 Å². The Morgan fingerprint density at radius 3 is 2.30 bits per heavy atom. The van der Waals surface area contributed by atoms with Gasteiger partial charge in [-0.25, -0.2) is 17.5 Å². The Balaban J connectivity index is 1.84. The van der Waals surface area contributed by atoms with Crippen LogP contribution in [-0.2, 0) is 10.0 Å². The minimum Gasteiger partial charge on any atom is -0.497 e. The average Bonchev–Trinajstić information content (AvgIpc) is 2.75. The Morgan fingerprint density at radius 1 is 1.03 bits per heavy atom. The molecule has 1 saturated heterocycles. The summed E-state index contributed by atoms with van der Waals surface area (Å²) in [6.45, 7) is 3.59. The molecule has 0 bridgehead atoms. The number of halogens is 1. The van der Waals surface area contributed by atoms with Crippen LogP contribution in [0.5, 0.6) is 11.5 Å². The Hall–Kier alpha value is -2.20. The van der Waals surface area contributed by atoms with Crippen molar-refractivity contribution in [2.45, 2.75) is 10.9 Å². The normalized spacial score (nSPS) is 16.9. The quantitative estimate of drug-likeness (QED) is 0.682. The van der Waals surface area contributed by atoms with Crippen LogP contribution in [0.15, 0.2) is 47.4 Å². The molecule has 1 fully saturated rings. The van der Waals surface area contributed by atoms with E-state index < -0.39 is 15.8 Å². The van der Waals surface area contributed by atoms with Gasteiger partial charge in [-0.1, -0.05) is 12.1 Å². The summed E-state index contributed by atoms with van der Waals surface area (Å²) in [6, 6.07) is 10.9. The molecule has 30 heavy (non-hydrogen) atoms. The Morgan fingerprint density at radius 2 is 1.70 bits per heavy atom. The zero-order valence-corrected chi connectivity index (χ0v) is 18.3. The fourth-order valence-electron chi connectivity index (χ4n) is 3.54. The number of hydrogen-bond donors (Lipinski definition) is 1. The predicted octanol–water partition coefficient (Wildman–Crippen LogP) is 2.11. The van der Waals surface area contributed by atoms with Crippen LogP contribution in [0.25, 0.3) is 0 Å². The van der Waals surface area contributed by atoms with E-state index in [1.54, 1.807) is 7.11 Å². The highest BCUT2D eigenvalue weighted by Crippen LogP contribution is 2.27. The highest BCUT2D eigenvalue weighted by atomic mass is 32.2. The molecule has 0 radical (unpaired) electrons. The molecule has 1 aliphatic rings. The summed E-state index contributed by atoms with van der Waals surface area (Å²) in [5.74, 6) is 0.201. The molecule has 1 unspecified atom stereocenters. The van der Waals surface area contributed by atoms with E-state index in [1.165, 1.54) is 19.2 Å². The van der Waals surface area contributed by atoms with Crippen LogP contribution in [0.3, 0.4) is 0 Å². The molecule has 1 atom stereocenters. The number of methoxy groups -OCH3 is 2. The maximum Gasteiger partial charge on any atom is 0.244 e. The number of nitrogens with one attached hydrogen (secondary N) is 1. The lowest BCUT2D eigenvalue weighted by Gasteiger charge is -2.38. The molecule has 0 aromatic heterocycles. The largest absolute Gasteiger partial charge is 0.497 e. The fraction of sp³-hybridized carbons (Fsp3) is 0.429. The van der Waals surface area contributed by atoms with Crippen molar-refractivity contribution in [1.29, 1.82) is 0 Å². The van der Waals surface area contributed by atoms with Crippen molar-refractivity contribution in [2.75, 3.05) is 54.0 Å². The van der Waals surface area contributed by atoms with Gasteiger partial charge in [-0.3, -0.25) is 4.90 Å². The van der Waals surface area contributed by atoms with Crippen LogP contribution in [0, 0.1) is 5.82 Å². The monoisotopic (exact) mass is 437 g/mol. The van der Waals surface area contributed by atoms with Crippen molar-refractivity contribution in [1.82, 2.24) is 14.5 Å². The second kappa shape index (κ2) is 9.74. The van der Waals surface area contributed by atoms with Crippen molar-refractivity contribution in [3.63, 3.8) is 0 Å². The van der Waals surface area contributed by atoms with Crippen LogP contribution in [-0.4, -0.2) is 72.2 Å². The molecule has 2 aromatic rings. The van der Waals surface area contributed by atoms with Gasteiger partial charge in [0.1, 0.15) is 22.2 Å². The van der Waals surface area contributed by atoms with Crippen molar-refractivity contribution in [2.24, 2.45) is 0 Å². The first kappa shape index (κ1) is 22.5. The van der Waals surface area contributed by atoms with Gasteiger partial charge >= 0.3 is 0 Å². The number of benzene rings is 2. The van der Waals surface area contributed by atoms with Crippen LogP contribution in [0.1, 0.15) is 11.6 Å². The smallest absolute Gasteiger partial charge is 0.244 e. The van der Waals surface area contributed by atoms with Crippen molar-refractivity contribution in [3.05, 3.63) is 53.8 Å². The van der Waals surface area contributed by atoms with Crippen LogP contribution in [0.2, 0.25) is 0 Å². The molecule has 1 aliphatic heterocycles. The Labute approximate surface area is 177 Å². The zero-order chi connectivity index (χ0) is 21.7.